The van der Waals surface area contributed by atoms with E-state index >= 15 is 0 Å². The zero-order valence-electron chi connectivity index (χ0n) is 9.18. The Morgan fingerprint density at radius 3 is 3.00 bits per heavy atom. The number of nitrogens with one attached hydrogen (secondary N) is 2. The van der Waals surface area contributed by atoms with Gasteiger partial charge in [0.15, 0.2) is 0 Å². The van der Waals surface area contributed by atoms with Crippen molar-refractivity contribution in [3.05, 3.63) is 42.4 Å². The maximum atomic E-state index is 11.3. The first-order chi connectivity index (χ1) is 8.78. The molecule has 0 saturated heterocycles. The zero-order valence-corrected chi connectivity index (χ0v) is 9.18. The molecule has 6 nitrogen and oxygen atoms in total. The molecule has 0 radical (unpaired) electrons. The molecule has 18 heavy (non-hydrogen) atoms. The highest BCUT2D eigenvalue weighted by atomic mass is 16.5. The molecule has 1 amide bonds. The Bertz CT molecular complexity index is 701. The minimum atomic E-state index is -0.559. The van der Waals surface area contributed by atoms with E-state index in [1.54, 1.807) is 42.3 Å². The monoisotopic (exact) mass is 243 g/mol. The molecule has 0 aliphatic rings. The van der Waals surface area contributed by atoms with Gasteiger partial charge in [-0.05, 0) is 24.3 Å². The van der Waals surface area contributed by atoms with Gasteiger partial charge >= 0.3 is 0 Å². The van der Waals surface area contributed by atoms with Gasteiger partial charge in [0, 0.05) is 5.56 Å². The van der Waals surface area contributed by atoms with E-state index in [-0.39, 0.29) is 0 Å². The van der Waals surface area contributed by atoms with E-state index in [0.717, 1.165) is 11.1 Å². The number of furan rings is 1. The first-order valence-corrected chi connectivity index (χ1v) is 5.25. The fourth-order valence-corrected chi connectivity index (χ4v) is 1.75. The Labute approximate surface area is 101 Å². The number of aromatic nitrogens is 2. The van der Waals surface area contributed by atoms with Crippen molar-refractivity contribution in [1.29, 1.82) is 0 Å². The molecule has 0 spiro atoms. The predicted molar refractivity (Wildman–Crippen MR) is 63.0 cm³/mol. The first-order valence-electron chi connectivity index (χ1n) is 5.25. The number of carbonyl (C=O) groups excluding carboxylic acids is 1. The standard InChI is InChI=1S/C12H9N3O3/c16-12(15-17)7-1-2-9-10(5-7)14-11(13-9)8-3-4-18-6-8/h1-6,17H,(H,13,14)(H,15,16). The molecule has 1 aromatic carbocycles. The normalized spacial score (nSPS) is 10.7. The van der Waals surface area contributed by atoms with E-state index in [1.165, 1.54) is 0 Å². The van der Waals surface area contributed by atoms with Crippen LogP contribution in [0.3, 0.4) is 0 Å². The SMILES string of the molecule is O=C(NO)c1ccc2nc(-c3ccoc3)[nH]c2c1. The average Bonchev–Trinajstić information content (AvgIpc) is 3.04. The molecule has 90 valence electrons. The Hall–Kier alpha value is -2.60. The summed E-state index contributed by atoms with van der Waals surface area (Å²) in [5.41, 5.74) is 4.23. The molecular formula is C12H9N3O3. The van der Waals surface area contributed by atoms with Crippen LogP contribution in [0, 0.1) is 0 Å². The Balaban J connectivity index is 2.10. The van der Waals surface area contributed by atoms with Crippen LogP contribution in [0.2, 0.25) is 0 Å². The third-order valence-corrected chi connectivity index (χ3v) is 2.64. The summed E-state index contributed by atoms with van der Waals surface area (Å²) >= 11 is 0. The van der Waals surface area contributed by atoms with Crippen molar-refractivity contribution in [3.63, 3.8) is 0 Å². The van der Waals surface area contributed by atoms with Crippen LogP contribution in [0.1, 0.15) is 10.4 Å². The van der Waals surface area contributed by atoms with Gasteiger partial charge in [-0.1, -0.05) is 0 Å². The zero-order chi connectivity index (χ0) is 12.5. The lowest BCUT2D eigenvalue weighted by Gasteiger charge is -1.97. The fraction of sp³-hybridized carbons (Fsp3) is 0. The van der Waals surface area contributed by atoms with Crippen LogP contribution in [-0.2, 0) is 0 Å². The van der Waals surface area contributed by atoms with Gasteiger partial charge in [-0.2, -0.15) is 0 Å². The molecule has 2 heterocycles. The summed E-state index contributed by atoms with van der Waals surface area (Å²) in [5.74, 6) is 0.108. The van der Waals surface area contributed by atoms with Crippen LogP contribution in [0.15, 0.2) is 41.2 Å². The summed E-state index contributed by atoms with van der Waals surface area (Å²) in [7, 11) is 0. The quantitative estimate of drug-likeness (QED) is 0.474. The van der Waals surface area contributed by atoms with E-state index in [2.05, 4.69) is 9.97 Å². The number of fused-ring (bicyclic) bond motifs is 1. The van der Waals surface area contributed by atoms with Crippen LogP contribution in [0.4, 0.5) is 0 Å². The van der Waals surface area contributed by atoms with Gasteiger partial charge in [0.25, 0.3) is 5.91 Å². The predicted octanol–water partition coefficient (Wildman–Crippen LogP) is 1.94. The smallest absolute Gasteiger partial charge is 0.274 e. The fourth-order valence-electron chi connectivity index (χ4n) is 1.75. The number of hydrogen-bond donors (Lipinski definition) is 3. The number of H-pyrrole nitrogens is 1. The number of hydroxylamine groups is 1. The number of aromatic amines is 1. The van der Waals surface area contributed by atoms with Gasteiger partial charge in [0.05, 0.1) is 22.9 Å². The van der Waals surface area contributed by atoms with Gasteiger partial charge in [-0.15, -0.1) is 0 Å². The summed E-state index contributed by atoms with van der Waals surface area (Å²) in [6.07, 6.45) is 3.15. The molecule has 0 atom stereocenters. The molecule has 2 aromatic heterocycles. The lowest BCUT2D eigenvalue weighted by molar-refractivity contribution is 0.0706. The van der Waals surface area contributed by atoms with Crippen LogP contribution in [0.25, 0.3) is 22.4 Å². The molecule has 6 heteroatoms. The number of rotatable bonds is 2. The molecule has 0 fully saturated rings. The van der Waals surface area contributed by atoms with Crippen molar-refractivity contribution < 1.29 is 14.4 Å². The second-order valence-electron chi connectivity index (χ2n) is 3.77. The van der Waals surface area contributed by atoms with Gasteiger partial charge in [-0.25, -0.2) is 10.5 Å². The molecule has 0 unspecified atom stereocenters. The van der Waals surface area contributed by atoms with Crippen molar-refractivity contribution in [3.8, 4) is 11.4 Å². The number of hydrogen-bond acceptors (Lipinski definition) is 4. The third kappa shape index (κ3) is 1.64. The van der Waals surface area contributed by atoms with Gasteiger partial charge in [0.2, 0.25) is 0 Å². The first kappa shape index (κ1) is 10.5. The summed E-state index contributed by atoms with van der Waals surface area (Å²) in [6, 6.07) is 6.71. The lowest BCUT2D eigenvalue weighted by atomic mass is 10.2. The van der Waals surface area contributed by atoms with Crippen LogP contribution < -0.4 is 5.48 Å². The highest BCUT2D eigenvalue weighted by Crippen LogP contribution is 2.21. The Kier molecular flexibility index (Phi) is 2.35. The van der Waals surface area contributed by atoms with Gasteiger partial charge < -0.3 is 9.40 Å². The highest BCUT2D eigenvalue weighted by molar-refractivity contribution is 5.97. The van der Waals surface area contributed by atoms with Crippen LogP contribution >= 0.6 is 0 Å². The van der Waals surface area contributed by atoms with Crippen molar-refractivity contribution in [2.75, 3.05) is 0 Å². The molecule has 0 aliphatic heterocycles. The largest absolute Gasteiger partial charge is 0.472 e. The summed E-state index contributed by atoms with van der Waals surface area (Å²) < 4.78 is 4.99. The number of carbonyl (C=O) groups is 1. The molecular weight excluding hydrogens is 234 g/mol. The van der Waals surface area contributed by atoms with Crippen molar-refractivity contribution in [1.82, 2.24) is 15.4 Å². The van der Waals surface area contributed by atoms with Gasteiger partial charge in [0.1, 0.15) is 12.1 Å². The van der Waals surface area contributed by atoms with E-state index in [1.807, 2.05) is 0 Å². The number of imidazole rings is 1. The van der Waals surface area contributed by atoms with Crippen molar-refractivity contribution in [2.24, 2.45) is 0 Å². The van der Waals surface area contributed by atoms with Crippen molar-refractivity contribution >= 4 is 16.9 Å². The highest BCUT2D eigenvalue weighted by Gasteiger charge is 2.09. The molecule has 3 aromatic rings. The summed E-state index contributed by atoms with van der Waals surface area (Å²) in [4.78, 5) is 18.7. The second-order valence-corrected chi connectivity index (χ2v) is 3.77. The molecule has 3 N–H and O–H groups in total. The Morgan fingerprint density at radius 2 is 2.28 bits per heavy atom. The van der Waals surface area contributed by atoms with E-state index in [9.17, 15) is 4.79 Å². The second kappa shape index (κ2) is 4.01. The summed E-state index contributed by atoms with van der Waals surface area (Å²) in [6.45, 7) is 0. The number of nitrogens with zero attached hydrogens (tertiary/aromatic N) is 1. The maximum Gasteiger partial charge on any atom is 0.274 e. The molecule has 3 rings (SSSR count). The molecule has 0 aliphatic carbocycles. The van der Waals surface area contributed by atoms with Crippen molar-refractivity contribution in [2.45, 2.75) is 0 Å². The van der Waals surface area contributed by atoms with Crippen LogP contribution in [-0.4, -0.2) is 21.1 Å². The Morgan fingerprint density at radius 1 is 1.39 bits per heavy atom. The molecule has 0 saturated carbocycles. The number of amides is 1. The lowest BCUT2D eigenvalue weighted by Crippen LogP contribution is -2.18. The van der Waals surface area contributed by atoms with E-state index < -0.39 is 5.91 Å². The minimum Gasteiger partial charge on any atom is -0.472 e. The topological polar surface area (TPSA) is 91.2 Å². The van der Waals surface area contributed by atoms with E-state index in [0.29, 0.717) is 16.9 Å². The third-order valence-electron chi connectivity index (χ3n) is 2.64. The molecule has 0 bridgehead atoms. The average molecular weight is 243 g/mol. The van der Waals surface area contributed by atoms with Gasteiger partial charge in [-0.3, -0.25) is 10.0 Å². The summed E-state index contributed by atoms with van der Waals surface area (Å²) in [5, 5.41) is 8.58. The van der Waals surface area contributed by atoms with Crippen LogP contribution in [0.5, 0.6) is 0 Å². The minimum absolute atomic E-state index is 0.354. The maximum absolute atomic E-state index is 11.3. The number of benzene rings is 1. The van der Waals surface area contributed by atoms with E-state index in [4.69, 9.17) is 9.62 Å².